The predicted molar refractivity (Wildman–Crippen MR) is 140 cm³/mol. The second-order valence-electron chi connectivity index (χ2n) is 10.2. The summed E-state index contributed by atoms with van der Waals surface area (Å²) in [5, 5.41) is 0. The molecule has 2 aromatic carbocycles. The molecule has 2 saturated heterocycles. The number of amides is 1. The van der Waals surface area contributed by atoms with Gasteiger partial charge < -0.3 is 9.80 Å². The van der Waals surface area contributed by atoms with E-state index in [-0.39, 0.29) is 23.9 Å². The van der Waals surface area contributed by atoms with Crippen molar-refractivity contribution in [1.29, 1.82) is 0 Å². The predicted octanol–water partition coefficient (Wildman–Crippen LogP) is 5.24. The number of benzene rings is 2. The van der Waals surface area contributed by atoms with Crippen LogP contribution in [0.3, 0.4) is 0 Å². The van der Waals surface area contributed by atoms with Crippen LogP contribution in [0.2, 0.25) is 0 Å². The van der Waals surface area contributed by atoms with Crippen molar-refractivity contribution < 1.29 is 9.59 Å². The van der Waals surface area contributed by atoms with E-state index in [1.165, 1.54) is 0 Å². The van der Waals surface area contributed by atoms with Crippen LogP contribution in [0.25, 0.3) is 11.1 Å². The summed E-state index contributed by atoms with van der Waals surface area (Å²) in [6, 6.07) is 18.4. The van der Waals surface area contributed by atoms with Crippen molar-refractivity contribution in [3.63, 3.8) is 0 Å². The quantitative estimate of drug-likeness (QED) is 0.500. The van der Waals surface area contributed by atoms with E-state index < -0.39 is 0 Å². The number of anilines is 1. The smallest absolute Gasteiger partial charge is 0.254 e. The number of nitrogens with zero attached hydrogens (tertiary/aromatic N) is 4. The van der Waals surface area contributed by atoms with Crippen molar-refractivity contribution in [2.75, 3.05) is 18.0 Å². The summed E-state index contributed by atoms with van der Waals surface area (Å²) in [6.07, 6.45) is 6.74. The SMILES string of the molecule is CCC(=O)C1CCN(c2ncnc3c2C2CCC(C3)N2C(=O)c2ccc(-c3ccccc3)cc2)CC1. The van der Waals surface area contributed by atoms with E-state index in [0.717, 1.165) is 79.0 Å². The Balaban J connectivity index is 1.26. The van der Waals surface area contributed by atoms with E-state index in [0.29, 0.717) is 12.2 Å². The van der Waals surface area contributed by atoms with Gasteiger partial charge in [-0.1, -0.05) is 49.4 Å². The average Bonchev–Trinajstić information content (AvgIpc) is 3.26. The zero-order chi connectivity index (χ0) is 24.6. The Morgan fingerprint density at radius 1 is 0.889 bits per heavy atom. The lowest BCUT2D eigenvalue weighted by molar-refractivity contribution is -0.123. The Hall–Kier alpha value is -3.54. The van der Waals surface area contributed by atoms with Crippen LogP contribution >= 0.6 is 0 Å². The van der Waals surface area contributed by atoms with Crippen LogP contribution in [-0.4, -0.2) is 45.7 Å². The fourth-order valence-electron chi connectivity index (χ4n) is 6.36. The standard InChI is InChI=1S/C30H32N4O2/c1-2-27(35)22-14-16-33(17-15-22)29-28-25(31-19-32-29)18-24-12-13-26(28)34(24)30(36)23-10-8-21(9-11-23)20-6-4-3-5-7-20/h3-11,19,22,24,26H,2,12-18H2,1H3. The molecule has 1 aromatic heterocycles. The summed E-state index contributed by atoms with van der Waals surface area (Å²) in [4.78, 5) is 39.8. The molecule has 4 heterocycles. The summed E-state index contributed by atoms with van der Waals surface area (Å²) in [5.74, 6) is 1.59. The number of hydrogen-bond donors (Lipinski definition) is 0. The maximum absolute atomic E-state index is 13.8. The number of aromatic nitrogens is 2. The van der Waals surface area contributed by atoms with E-state index in [1.54, 1.807) is 6.33 Å². The van der Waals surface area contributed by atoms with E-state index in [1.807, 2.05) is 49.4 Å². The lowest BCUT2D eigenvalue weighted by atomic mass is 9.90. The molecule has 184 valence electrons. The van der Waals surface area contributed by atoms with Crippen LogP contribution in [0.1, 0.15) is 66.7 Å². The largest absolute Gasteiger partial charge is 0.356 e. The van der Waals surface area contributed by atoms with Crippen molar-refractivity contribution in [3.8, 4) is 11.1 Å². The maximum Gasteiger partial charge on any atom is 0.254 e. The molecule has 0 aliphatic carbocycles. The first kappa shape index (κ1) is 22.9. The average molecular weight is 481 g/mol. The van der Waals surface area contributed by atoms with E-state index in [9.17, 15) is 9.59 Å². The molecule has 3 aliphatic rings. The highest BCUT2D eigenvalue weighted by Crippen LogP contribution is 2.47. The van der Waals surface area contributed by atoms with Crippen molar-refractivity contribution in [2.24, 2.45) is 5.92 Å². The van der Waals surface area contributed by atoms with Crippen LogP contribution in [0.5, 0.6) is 0 Å². The van der Waals surface area contributed by atoms with Crippen LogP contribution in [0, 0.1) is 5.92 Å². The molecule has 0 spiro atoms. The molecule has 2 bridgehead atoms. The van der Waals surface area contributed by atoms with Crippen molar-refractivity contribution in [2.45, 2.75) is 57.5 Å². The van der Waals surface area contributed by atoms with E-state index >= 15 is 0 Å². The fraction of sp³-hybridized carbons (Fsp3) is 0.400. The zero-order valence-corrected chi connectivity index (χ0v) is 20.8. The lowest BCUT2D eigenvalue weighted by Crippen LogP contribution is -2.44. The van der Waals surface area contributed by atoms with Gasteiger partial charge in [-0.2, -0.15) is 0 Å². The van der Waals surface area contributed by atoms with Gasteiger partial charge in [0.1, 0.15) is 17.9 Å². The molecular formula is C30H32N4O2. The normalized spacial score (nSPS) is 21.4. The molecule has 2 fully saturated rings. The molecule has 3 aromatic rings. The first-order valence-corrected chi connectivity index (χ1v) is 13.2. The summed E-state index contributed by atoms with van der Waals surface area (Å²) in [6.45, 7) is 3.60. The molecular weight excluding hydrogens is 448 g/mol. The van der Waals surface area contributed by atoms with Gasteiger partial charge in [0.15, 0.2) is 0 Å². The van der Waals surface area contributed by atoms with Crippen molar-refractivity contribution in [1.82, 2.24) is 14.9 Å². The van der Waals surface area contributed by atoms with Gasteiger partial charge in [-0.25, -0.2) is 9.97 Å². The lowest BCUT2D eigenvalue weighted by Gasteiger charge is -2.39. The minimum Gasteiger partial charge on any atom is -0.356 e. The number of carbonyl (C=O) groups is 2. The van der Waals surface area contributed by atoms with Gasteiger partial charge in [-0.3, -0.25) is 9.59 Å². The minimum atomic E-state index is 0.00578. The summed E-state index contributed by atoms with van der Waals surface area (Å²) >= 11 is 0. The number of carbonyl (C=O) groups excluding carboxylic acids is 2. The van der Waals surface area contributed by atoms with Gasteiger partial charge in [0.2, 0.25) is 0 Å². The summed E-state index contributed by atoms with van der Waals surface area (Å²) < 4.78 is 0. The molecule has 2 atom stereocenters. The van der Waals surface area contributed by atoms with Gasteiger partial charge in [0.05, 0.1) is 11.7 Å². The summed E-state index contributed by atoms with van der Waals surface area (Å²) in [7, 11) is 0. The first-order valence-electron chi connectivity index (χ1n) is 13.2. The number of piperidine rings is 1. The molecule has 6 nitrogen and oxygen atoms in total. The highest BCUT2D eigenvalue weighted by molar-refractivity contribution is 5.95. The van der Waals surface area contributed by atoms with Gasteiger partial charge >= 0.3 is 0 Å². The van der Waals surface area contributed by atoms with Gasteiger partial charge in [-0.15, -0.1) is 0 Å². The van der Waals surface area contributed by atoms with Crippen LogP contribution in [-0.2, 0) is 11.2 Å². The minimum absolute atomic E-state index is 0.00578. The monoisotopic (exact) mass is 480 g/mol. The third-order valence-corrected chi connectivity index (χ3v) is 8.28. The number of ketones is 1. The summed E-state index contributed by atoms with van der Waals surface area (Å²) in [5.41, 5.74) is 5.20. The molecule has 2 unspecified atom stereocenters. The Kier molecular flexibility index (Phi) is 6.04. The fourth-order valence-corrected chi connectivity index (χ4v) is 6.36. The number of fused-ring (bicyclic) bond motifs is 4. The Morgan fingerprint density at radius 2 is 1.61 bits per heavy atom. The van der Waals surface area contributed by atoms with Gasteiger partial charge in [0.25, 0.3) is 5.91 Å². The van der Waals surface area contributed by atoms with Crippen molar-refractivity contribution >= 4 is 17.5 Å². The Bertz CT molecular complexity index is 1270. The highest BCUT2D eigenvalue weighted by atomic mass is 16.2. The second-order valence-corrected chi connectivity index (χ2v) is 10.2. The topological polar surface area (TPSA) is 66.4 Å². The zero-order valence-electron chi connectivity index (χ0n) is 20.8. The molecule has 0 radical (unpaired) electrons. The number of rotatable bonds is 5. The molecule has 0 N–H and O–H groups in total. The molecule has 6 rings (SSSR count). The molecule has 36 heavy (non-hydrogen) atoms. The maximum atomic E-state index is 13.8. The first-order chi connectivity index (χ1) is 17.6. The second kappa shape index (κ2) is 9.49. The van der Waals surface area contributed by atoms with E-state index in [2.05, 4.69) is 26.9 Å². The molecule has 0 saturated carbocycles. The molecule has 1 amide bonds. The highest BCUT2D eigenvalue weighted by Gasteiger charge is 2.45. The molecule has 3 aliphatic heterocycles. The van der Waals surface area contributed by atoms with Gasteiger partial charge in [-0.05, 0) is 48.9 Å². The number of hydrogen-bond acceptors (Lipinski definition) is 5. The third kappa shape index (κ3) is 3.98. The van der Waals surface area contributed by atoms with Crippen molar-refractivity contribution in [3.05, 3.63) is 77.7 Å². The van der Waals surface area contributed by atoms with Gasteiger partial charge in [0, 0.05) is 49.0 Å². The third-order valence-electron chi connectivity index (χ3n) is 8.28. The van der Waals surface area contributed by atoms with Crippen LogP contribution in [0.15, 0.2) is 60.9 Å². The molecule has 6 heteroatoms. The van der Waals surface area contributed by atoms with E-state index in [4.69, 9.17) is 4.98 Å². The van der Waals surface area contributed by atoms with Crippen LogP contribution < -0.4 is 4.90 Å². The number of Topliss-reactive ketones (excluding diaryl/α,β-unsaturated/α-hetero) is 1. The Morgan fingerprint density at radius 3 is 2.33 bits per heavy atom. The van der Waals surface area contributed by atoms with Crippen LogP contribution in [0.4, 0.5) is 5.82 Å². The Labute approximate surface area is 212 Å².